The lowest BCUT2D eigenvalue weighted by Crippen LogP contribution is -2.58. The Bertz CT molecular complexity index is 433. The van der Waals surface area contributed by atoms with Crippen LogP contribution in [-0.2, 0) is 16.0 Å². The molecule has 1 aromatic heterocycles. The molecule has 1 unspecified atom stereocenters. The fraction of sp³-hybridized carbons (Fsp3) is 0.462. The van der Waals surface area contributed by atoms with Gasteiger partial charge in [-0.3, -0.25) is 14.6 Å². The van der Waals surface area contributed by atoms with Crippen molar-refractivity contribution in [2.24, 2.45) is 0 Å². The summed E-state index contributed by atoms with van der Waals surface area (Å²) in [6, 6.07) is 5.37. The molecule has 2 amide bonds. The van der Waals surface area contributed by atoms with Crippen molar-refractivity contribution in [3.8, 4) is 0 Å². The van der Waals surface area contributed by atoms with Crippen LogP contribution in [0.2, 0.25) is 0 Å². The lowest BCUT2D eigenvalue weighted by atomic mass is 10.1. The summed E-state index contributed by atoms with van der Waals surface area (Å²) in [5, 5.41) is 2.62. The van der Waals surface area contributed by atoms with Crippen LogP contribution in [0.25, 0.3) is 0 Å². The van der Waals surface area contributed by atoms with Crippen molar-refractivity contribution in [2.45, 2.75) is 25.8 Å². The molecule has 1 aliphatic rings. The Morgan fingerprint density at radius 2 is 2.28 bits per heavy atom. The Kier molecular flexibility index (Phi) is 3.92. The molecule has 1 aromatic rings. The van der Waals surface area contributed by atoms with Gasteiger partial charge in [0.1, 0.15) is 6.04 Å². The van der Waals surface area contributed by atoms with Crippen LogP contribution in [0.3, 0.4) is 0 Å². The average Bonchev–Trinajstić information content (AvgIpc) is 2.41. The van der Waals surface area contributed by atoms with E-state index in [4.69, 9.17) is 0 Å². The lowest BCUT2D eigenvalue weighted by molar-refractivity contribution is -0.145. The van der Waals surface area contributed by atoms with Crippen LogP contribution in [0, 0.1) is 0 Å². The first-order chi connectivity index (χ1) is 8.72. The second-order valence-corrected chi connectivity index (χ2v) is 4.30. The van der Waals surface area contributed by atoms with E-state index in [2.05, 4.69) is 10.3 Å². The molecular formula is C13H17N3O2. The Labute approximate surface area is 106 Å². The van der Waals surface area contributed by atoms with Gasteiger partial charge in [-0.05, 0) is 18.6 Å². The minimum atomic E-state index is -0.338. The van der Waals surface area contributed by atoms with Crippen molar-refractivity contribution in [2.75, 3.05) is 13.1 Å². The van der Waals surface area contributed by atoms with Gasteiger partial charge in [-0.25, -0.2) is 0 Å². The first kappa shape index (κ1) is 12.5. The zero-order valence-corrected chi connectivity index (χ0v) is 10.4. The molecule has 0 spiro atoms. The van der Waals surface area contributed by atoms with Crippen LogP contribution >= 0.6 is 0 Å². The normalized spacial score (nSPS) is 19.8. The predicted octanol–water partition coefficient (Wildman–Crippen LogP) is 0.361. The number of hydrogen-bond donors (Lipinski definition) is 1. The van der Waals surface area contributed by atoms with E-state index in [0.29, 0.717) is 19.4 Å². The molecule has 2 heterocycles. The van der Waals surface area contributed by atoms with E-state index in [1.54, 1.807) is 11.1 Å². The maximum absolute atomic E-state index is 11.8. The van der Waals surface area contributed by atoms with Gasteiger partial charge in [0.05, 0.1) is 6.54 Å². The van der Waals surface area contributed by atoms with Gasteiger partial charge in [-0.15, -0.1) is 0 Å². The third-order valence-electron chi connectivity index (χ3n) is 3.13. The maximum Gasteiger partial charge on any atom is 0.243 e. The van der Waals surface area contributed by atoms with Crippen molar-refractivity contribution in [3.63, 3.8) is 0 Å². The molecule has 2 rings (SSSR count). The molecule has 0 saturated carbocycles. The molecule has 0 aliphatic carbocycles. The number of carbonyl (C=O) groups excluding carboxylic acids is 2. The first-order valence-corrected chi connectivity index (χ1v) is 6.19. The van der Waals surface area contributed by atoms with Crippen molar-refractivity contribution in [1.29, 1.82) is 0 Å². The molecule has 1 atom stereocenters. The van der Waals surface area contributed by atoms with Gasteiger partial charge in [0, 0.05) is 24.9 Å². The molecule has 1 fully saturated rings. The Hall–Kier alpha value is -1.91. The van der Waals surface area contributed by atoms with Gasteiger partial charge in [0.2, 0.25) is 11.8 Å². The highest BCUT2D eigenvalue weighted by atomic mass is 16.2. The van der Waals surface area contributed by atoms with E-state index in [9.17, 15) is 9.59 Å². The van der Waals surface area contributed by atoms with E-state index in [0.717, 1.165) is 5.69 Å². The van der Waals surface area contributed by atoms with E-state index >= 15 is 0 Å². The standard InChI is InChI=1S/C13H17N3O2/c1-2-11-13(18)15-9-12(17)16(11)8-6-10-5-3-4-7-14-10/h3-5,7,11H,2,6,8-9H2,1H3,(H,15,18). The van der Waals surface area contributed by atoms with Crippen molar-refractivity contribution in [3.05, 3.63) is 30.1 Å². The van der Waals surface area contributed by atoms with Crippen LogP contribution in [0.5, 0.6) is 0 Å². The molecule has 1 N–H and O–H groups in total. The summed E-state index contributed by atoms with van der Waals surface area (Å²) in [5.74, 6) is -0.0736. The summed E-state index contributed by atoms with van der Waals surface area (Å²) in [5.41, 5.74) is 0.936. The molecule has 96 valence electrons. The van der Waals surface area contributed by atoms with Crippen LogP contribution in [0.1, 0.15) is 19.0 Å². The first-order valence-electron chi connectivity index (χ1n) is 6.19. The van der Waals surface area contributed by atoms with Gasteiger partial charge in [0.15, 0.2) is 0 Å². The van der Waals surface area contributed by atoms with Crippen molar-refractivity contribution in [1.82, 2.24) is 15.2 Å². The maximum atomic E-state index is 11.8. The van der Waals surface area contributed by atoms with Crippen molar-refractivity contribution >= 4 is 11.8 Å². The molecule has 0 aromatic carbocycles. The third-order valence-corrected chi connectivity index (χ3v) is 3.13. The number of pyridine rings is 1. The van der Waals surface area contributed by atoms with Crippen molar-refractivity contribution < 1.29 is 9.59 Å². The predicted molar refractivity (Wildman–Crippen MR) is 66.7 cm³/mol. The molecular weight excluding hydrogens is 230 g/mol. The summed E-state index contributed by atoms with van der Waals surface area (Å²) in [4.78, 5) is 29.4. The van der Waals surface area contributed by atoms with Crippen LogP contribution in [-0.4, -0.2) is 40.8 Å². The van der Waals surface area contributed by atoms with Gasteiger partial charge in [-0.1, -0.05) is 13.0 Å². The number of amides is 2. The highest BCUT2D eigenvalue weighted by Gasteiger charge is 2.32. The summed E-state index contributed by atoms with van der Waals surface area (Å²) in [6.07, 6.45) is 3.05. The molecule has 1 saturated heterocycles. The quantitative estimate of drug-likeness (QED) is 0.835. The minimum absolute atomic E-state index is 0.0163. The van der Waals surface area contributed by atoms with Gasteiger partial charge >= 0.3 is 0 Å². The smallest absolute Gasteiger partial charge is 0.243 e. The highest BCUT2D eigenvalue weighted by molar-refractivity contribution is 5.94. The zero-order chi connectivity index (χ0) is 13.0. The number of piperazine rings is 1. The number of aromatic nitrogens is 1. The Morgan fingerprint density at radius 1 is 1.44 bits per heavy atom. The topological polar surface area (TPSA) is 62.3 Å². The van der Waals surface area contributed by atoms with Gasteiger partial charge in [0.25, 0.3) is 0 Å². The van der Waals surface area contributed by atoms with E-state index in [1.807, 2.05) is 25.1 Å². The Balaban J connectivity index is 2.01. The summed E-state index contributed by atoms with van der Waals surface area (Å²) in [7, 11) is 0. The molecule has 18 heavy (non-hydrogen) atoms. The molecule has 1 aliphatic heterocycles. The van der Waals surface area contributed by atoms with Crippen LogP contribution in [0.4, 0.5) is 0 Å². The zero-order valence-electron chi connectivity index (χ0n) is 10.4. The molecule has 5 nitrogen and oxygen atoms in total. The SMILES string of the molecule is CCC1C(=O)NCC(=O)N1CCc1ccccn1. The van der Waals surface area contributed by atoms with Crippen LogP contribution in [0.15, 0.2) is 24.4 Å². The molecule has 5 heteroatoms. The lowest BCUT2D eigenvalue weighted by Gasteiger charge is -2.34. The van der Waals surface area contributed by atoms with Crippen LogP contribution < -0.4 is 5.32 Å². The second kappa shape index (κ2) is 5.62. The number of nitrogens with one attached hydrogen (secondary N) is 1. The summed E-state index contributed by atoms with van der Waals surface area (Å²) >= 11 is 0. The van der Waals surface area contributed by atoms with E-state index < -0.39 is 0 Å². The average molecular weight is 247 g/mol. The largest absolute Gasteiger partial charge is 0.345 e. The number of nitrogens with zero attached hydrogens (tertiary/aromatic N) is 2. The molecule has 0 radical (unpaired) electrons. The summed E-state index contributed by atoms with van der Waals surface area (Å²) in [6.45, 7) is 2.57. The second-order valence-electron chi connectivity index (χ2n) is 4.30. The highest BCUT2D eigenvalue weighted by Crippen LogP contribution is 2.10. The fourth-order valence-corrected chi connectivity index (χ4v) is 2.16. The number of hydrogen-bond acceptors (Lipinski definition) is 3. The third kappa shape index (κ3) is 2.67. The monoisotopic (exact) mass is 247 g/mol. The summed E-state index contributed by atoms with van der Waals surface area (Å²) < 4.78 is 0. The van der Waals surface area contributed by atoms with Gasteiger partial charge < -0.3 is 10.2 Å². The van der Waals surface area contributed by atoms with E-state index in [1.165, 1.54) is 0 Å². The van der Waals surface area contributed by atoms with E-state index in [-0.39, 0.29) is 24.4 Å². The molecule has 0 bridgehead atoms. The minimum Gasteiger partial charge on any atom is -0.345 e. The Morgan fingerprint density at radius 3 is 2.94 bits per heavy atom. The van der Waals surface area contributed by atoms with Gasteiger partial charge in [-0.2, -0.15) is 0 Å². The number of rotatable bonds is 4. The fourth-order valence-electron chi connectivity index (χ4n) is 2.16. The number of carbonyl (C=O) groups is 2.